The molecule has 26 heavy (non-hydrogen) atoms. The number of carbonyl (C=O) groups is 1. The molecule has 0 spiro atoms. The molecule has 0 saturated carbocycles. The number of rotatable bonds is 2. The Balaban J connectivity index is 1.69. The van der Waals surface area contributed by atoms with Gasteiger partial charge in [0.1, 0.15) is 11.4 Å². The smallest absolute Gasteiger partial charge is 0.204 e. The molecule has 2 aliphatic rings. The minimum Gasteiger partial charge on any atom is -0.497 e. The van der Waals surface area contributed by atoms with Gasteiger partial charge in [-0.15, -0.1) is 0 Å². The summed E-state index contributed by atoms with van der Waals surface area (Å²) in [5.74, 6) is 0.792. The first-order chi connectivity index (χ1) is 12.7. The zero-order chi connectivity index (χ0) is 18.1. The molecule has 0 N–H and O–H groups in total. The highest BCUT2D eigenvalue weighted by atomic mass is 16.5. The summed E-state index contributed by atoms with van der Waals surface area (Å²) in [6.07, 6.45) is 13.3. The van der Waals surface area contributed by atoms with Gasteiger partial charge in [-0.2, -0.15) is 0 Å². The second-order valence-electron chi connectivity index (χ2n) is 6.13. The quantitative estimate of drug-likeness (QED) is 0.817. The number of ether oxygens (including phenoxy) is 1. The average molecular weight is 342 g/mol. The highest BCUT2D eigenvalue weighted by Crippen LogP contribution is 2.33. The topological polar surface area (TPSA) is 42.4 Å². The zero-order valence-corrected chi connectivity index (χ0v) is 14.6. The minimum absolute atomic E-state index is 0.0528. The second kappa shape index (κ2) is 6.48. The van der Waals surface area contributed by atoms with Crippen LogP contribution < -0.4 is 9.64 Å². The Labute approximate surface area is 152 Å². The Morgan fingerprint density at radius 2 is 1.96 bits per heavy atom. The first-order valence-electron chi connectivity index (χ1n) is 8.37. The summed E-state index contributed by atoms with van der Waals surface area (Å²) < 4.78 is 5.29. The Morgan fingerprint density at radius 1 is 1.08 bits per heavy atom. The van der Waals surface area contributed by atoms with Crippen LogP contribution in [0, 0.1) is 0 Å². The molecule has 2 heterocycles. The number of ketones is 1. The van der Waals surface area contributed by atoms with E-state index in [0.717, 1.165) is 33.8 Å². The van der Waals surface area contributed by atoms with Crippen molar-refractivity contribution in [1.82, 2.24) is 4.98 Å². The van der Waals surface area contributed by atoms with Crippen molar-refractivity contribution in [3.05, 3.63) is 89.4 Å². The molecular formula is C22H18N2O2. The standard InChI is InChI=1S/C22H18N2O2/c1-24-17(9-6-16-14-18(26-2)10-11-20(16)24)8-5-15-7-12-21(25)22-19(15)4-3-13-23-22/h3-14H,1-2H3/b15-5+,17-8+. The maximum atomic E-state index is 12.0. The lowest BCUT2D eigenvalue weighted by Gasteiger charge is -2.26. The summed E-state index contributed by atoms with van der Waals surface area (Å²) in [5, 5.41) is 0. The average Bonchev–Trinajstić information content (AvgIpc) is 2.69. The molecule has 128 valence electrons. The normalized spacial score (nSPS) is 18.2. The lowest BCUT2D eigenvalue weighted by atomic mass is 9.95. The fraction of sp³-hybridized carbons (Fsp3) is 0.0909. The largest absolute Gasteiger partial charge is 0.497 e. The van der Waals surface area contributed by atoms with Crippen molar-refractivity contribution in [3.63, 3.8) is 0 Å². The summed E-state index contributed by atoms with van der Waals surface area (Å²) in [6, 6.07) is 9.81. The van der Waals surface area contributed by atoms with E-state index in [0.29, 0.717) is 5.69 Å². The van der Waals surface area contributed by atoms with Crippen molar-refractivity contribution in [1.29, 1.82) is 0 Å². The molecule has 1 aliphatic carbocycles. The van der Waals surface area contributed by atoms with Crippen LogP contribution in [-0.2, 0) is 0 Å². The van der Waals surface area contributed by atoms with Crippen LogP contribution in [0.2, 0.25) is 0 Å². The highest BCUT2D eigenvalue weighted by molar-refractivity contribution is 6.11. The van der Waals surface area contributed by atoms with E-state index in [2.05, 4.69) is 34.2 Å². The van der Waals surface area contributed by atoms with Crippen molar-refractivity contribution in [3.8, 4) is 5.75 Å². The molecule has 0 bridgehead atoms. The SMILES string of the molecule is COc1ccc2c(c1)C=C/C(=C\C=C1/C=CC(=O)c3ncccc31)N2C. The number of methoxy groups -OCH3 is 1. The van der Waals surface area contributed by atoms with Gasteiger partial charge in [0.25, 0.3) is 0 Å². The van der Waals surface area contributed by atoms with Gasteiger partial charge in [0.05, 0.1) is 7.11 Å². The number of benzene rings is 1. The van der Waals surface area contributed by atoms with E-state index in [9.17, 15) is 4.79 Å². The Kier molecular flexibility index (Phi) is 4.01. The van der Waals surface area contributed by atoms with E-state index >= 15 is 0 Å². The molecule has 0 saturated heterocycles. The summed E-state index contributed by atoms with van der Waals surface area (Å²) in [6.45, 7) is 0. The number of nitrogens with zero attached hydrogens (tertiary/aromatic N) is 2. The van der Waals surface area contributed by atoms with Crippen molar-refractivity contribution in [2.45, 2.75) is 0 Å². The van der Waals surface area contributed by atoms with Crippen LogP contribution in [0.1, 0.15) is 21.6 Å². The summed E-state index contributed by atoms with van der Waals surface area (Å²) >= 11 is 0. The van der Waals surface area contributed by atoms with Crippen LogP contribution in [0.25, 0.3) is 11.6 Å². The van der Waals surface area contributed by atoms with Crippen LogP contribution in [0.5, 0.6) is 5.75 Å². The number of hydrogen-bond acceptors (Lipinski definition) is 4. The molecule has 4 nitrogen and oxygen atoms in total. The van der Waals surface area contributed by atoms with Gasteiger partial charge in [-0.25, -0.2) is 0 Å². The number of pyridine rings is 1. The molecule has 1 aliphatic heterocycles. The van der Waals surface area contributed by atoms with E-state index < -0.39 is 0 Å². The predicted molar refractivity (Wildman–Crippen MR) is 104 cm³/mol. The first kappa shape index (κ1) is 16.1. The summed E-state index contributed by atoms with van der Waals surface area (Å²) in [4.78, 5) is 18.3. The van der Waals surface area contributed by atoms with Crippen LogP contribution in [-0.4, -0.2) is 24.9 Å². The van der Waals surface area contributed by atoms with Gasteiger partial charge in [-0.1, -0.05) is 24.3 Å². The van der Waals surface area contributed by atoms with E-state index in [4.69, 9.17) is 4.74 Å². The van der Waals surface area contributed by atoms with Gasteiger partial charge < -0.3 is 9.64 Å². The van der Waals surface area contributed by atoms with E-state index in [1.165, 1.54) is 0 Å². The zero-order valence-electron chi connectivity index (χ0n) is 14.6. The van der Waals surface area contributed by atoms with Crippen LogP contribution >= 0.6 is 0 Å². The third-order valence-corrected chi connectivity index (χ3v) is 4.62. The molecule has 0 atom stereocenters. The number of fused-ring (bicyclic) bond motifs is 2. The van der Waals surface area contributed by atoms with Crippen molar-refractivity contribution in [2.24, 2.45) is 0 Å². The Hall–Kier alpha value is -3.40. The van der Waals surface area contributed by atoms with E-state index in [-0.39, 0.29) is 5.78 Å². The molecule has 0 fully saturated rings. The number of aromatic nitrogens is 1. The number of likely N-dealkylation sites (N-methyl/N-ethyl adjacent to an activating group) is 1. The van der Waals surface area contributed by atoms with Crippen LogP contribution in [0.4, 0.5) is 5.69 Å². The van der Waals surface area contributed by atoms with Crippen LogP contribution in [0.3, 0.4) is 0 Å². The molecule has 0 amide bonds. The molecule has 2 aromatic rings. The Morgan fingerprint density at radius 3 is 2.81 bits per heavy atom. The summed E-state index contributed by atoms with van der Waals surface area (Å²) in [7, 11) is 3.71. The van der Waals surface area contributed by atoms with Gasteiger partial charge >= 0.3 is 0 Å². The lowest BCUT2D eigenvalue weighted by molar-refractivity contribution is 0.104. The number of anilines is 1. The Bertz CT molecular complexity index is 1010. The monoisotopic (exact) mass is 342 g/mol. The van der Waals surface area contributed by atoms with Crippen LogP contribution in [0.15, 0.2) is 72.6 Å². The summed E-state index contributed by atoms with van der Waals surface area (Å²) in [5.41, 5.74) is 5.64. The van der Waals surface area contributed by atoms with Gasteiger partial charge in [-0.3, -0.25) is 9.78 Å². The third-order valence-electron chi connectivity index (χ3n) is 4.62. The molecule has 0 radical (unpaired) electrons. The third kappa shape index (κ3) is 2.75. The number of carbonyl (C=O) groups excluding carboxylic acids is 1. The fourth-order valence-electron chi connectivity index (χ4n) is 3.18. The molecule has 1 aromatic carbocycles. The van der Waals surface area contributed by atoms with Gasteiger partial charge in [-0.05, 0) is 48.1 Å². The number of allylic oxidation sites excluding steroid dienone is 6. The maximum absolute atomic E-state index is 12.0. The molecular weight excluding hydrogens is 324 g/mol. The molecule has 1 aromatic heterocycles. The fourth-order valence-corrected chi connectivity index (χ4v) is 3.18. The molecule has 4 rings (SSSR count). The predicted octanol–water partition coefficient (Wildman–Crippen LogP) is 4.27. The maximum Gasteiger partial charge on any atom is 0.204 e. The van der Waals surface area contributed by atoms with Crippen molar-refractivity contribution in [2.75, 3.05) is 19.1 Å². The van der Waals surface area contributed by atoms with E-state index in [1.807, 2.05) is 43.5 Å². The lowest BCUT2D eigenvalue weighted by Crippen LogP contribution is -2.18. The van der Waals surface area contributed by atoms with Gasteiger partial charge in [0.15, 0.2) is 0 Å². The van der Waals surface area contributed by atoms with E-state index in [1.54, 1.807) is 19.4 Å². The second-order valence-corrected chi connectivity index (χ2v) is 6.13. The van der Waals surface area contributed by atoms with Crippen molar-refractivity contribution >= 4 is 23.1 Å². The van der Waals surface area contributed by atoms with Gasteiger partial charge in [0.2, 0.25) is 5.78 Å². The van der Waals surface area contributed by atoms with Gasteiger partial charge in [0, 0.05) is 35.8 Å². The molecule has 0 unspecified atom stereocenters. The minimum atomic E-state index is -0.0528. The number of hydrogen-bond donors (Lipinski definition) is 0. The molecule has 4 heteroatoms. The van der Waals surface area contributed by atoms with Crippen molar-refractivity contribution < 1.29 is 9.53 Å². The highest BCUT2D eigenvalue weighted by Gasteiger charge is 2.17. The first-order valence-corrected chi connectivity index (χ1v) is 8.37.